The minimum Gasteiger partial charge on any atom is -0.316 e. The molecule has 0 spiro atoms. The molecule has 3 rings (SSSR count). The topological polar surface area (TPSA) is 18.5 Å². The monoisotopic (exact) mass is 251 g/mol. The van der Waals surface area contributed by atoms with Crippen LogP contribution >= 0.6 is 0 Å². The lowest BCUT2D eigenvalue weighted by Gasteiger charge is -2.23. The second kappa shape index (κ2) is 6.36. The molecule has 0 aromatic heterocycles. The van der Waals surface area contributed by atoms with E-state index in [1.807, 2.05) is 0 Å². The van der Waals surface area contributed by atoms with E-state index in [0.717, 1.165) is 12.0 Å². The molecule has 0 radical (unpaired) electrons. The van der Waals surface area contributed by atoms with E-state index in [9.17, 15) is 0 Å². The van der Waals surface area contributed by atoms with Crippen molar-refractivity contribution in [2.45, 2.75) is 44.6 Å². The molecule has 18 heavy (non-hydrogen) atoms. The molecule has 0 aliphatic carbocycles. The molecule has 3 aliphatic heterocycles. The van der Waals surface area contributed by atoms with E-state index >= 15 is 0 Å². The molecule has 0 amide bonds. The van der Waals surface area contributed by atoms with Crippen LogP contribution in [0.5, 0.6) is 0 Å². The first-order valence-electron chi connectivity index (χ1n) is 8.09. The minimum absolute atomic E-state index is 0.889. The number of nitrogens with one attached hydrogen (secondary N) is 1. The molecule has 3 fully saturated rings. The van der Waals surface area contributed by atoms with E-state index in [1.165, 1.54) is 84.3 Å². The molecule has 3 aliphatic rings. The summed E-state index contributed by atoms with van der Waals surface area (Å²) >= 11 is 0. The first-order valence-corrected chi connectivity index (χ1v) is 8.09. The van der Waals surface area contributed by atoms with Crippen molar-refractivity contribution in [1.82, 2.24) is 15.1 Å². The van der Waals surface area contributed by atoms with Crippen LogP contribution in [0.15, 0.2) is 0 Å². The molecule has 3 heterocycles. The zero-order chi connectivity index (χ0) is 12.2. The molecule has 1 N–H and O–H groups in total. The summed E-state index contributed by atoms with van der Waals surface area (Å²) in [4.78, 5) is 5.45. The van der Waals surface area contributed by atoms with E-state index in [2.05, 4.69) is 15.1 Å². The molecule has 0 bridgehead atoms. The van der Waals surface area contributed by atoms with Crippen LogP contribution in [0.4, 0.5) is 0 Å². The summed E-state index contributed by atoms with van der Waals surface area (Å²) in [7, 11) is 0. The Morgan fingerprint density at radius 2 is 1.94 bits per heavy atom. The maximum absolute atomic E-state index is 3.47. The molecule has 2 atom stereocenters. The van der Waals surface area contributed by atoms with Gasteiger partial charge in [0.05, 0.1) is 0 Å². The van der Waals surface area contributed by atoms with Crippen molar-refractivity contribution >= 4 is 0 Å². The van der Waals surface area contributed by atoms with Crippen LogP contribution in [0.1, 0.15) is 38.5 Å². The maximum atomic E-state index is 3.47. The lowest BCUT2D eigenvalue weighted by atomic mass is 10.0. The van der Waals surface area contributed by atoms with Crippen LogP contribution in [0.25, 0.3) is 0 Å². The molecular formula is C15H29N3. The first kappa shape index (κ1) is 12.9. The van der Waals surface area contributed by atoms with Crippen LogP contribution in [0.2, 0.25) is 0 Å². The van der Waals surface area contributed by atoms with E-state index in [-0.39, 0.29) is 0 Å². The van der Waals surface area contributed by atoms with Crippen molar-refractivity contribution in [3.05, 3.63) is 0 Å². The Morgan fingerprint density at radius 1 is 1.06 bits per heavy atom. The molecule has 3 heteroatoms. The Hall–Kier alpha value is -0.120. The molecule has 104 valence electrons. The molecule has 0 saturated carbocycles. The molecule has 3 saturated heterocycles. The first-order chi connectivity index (χ1) is 8.92. The van der Waals surface area contributed by atoms with Gasteiger partial charge in [0.25, 0.3) is 0 Å². The Morgan fingerprint density at radius 3 is 2.72 bits per heavy atom. The van der Waals surface area contributed by atoms with Crippen molar-refractivity contribution in [1.29, 1.82) is 0 Å². The smallest absolute Gasteiger partial charge is 0.0235 e. The maximum Gasteiger partial charge on any atom is 0.0235 e. The Bertz CT molecular complexity index is 244. The number of hydrogen-bond donors (Lipinski definition) is 1. The quantitative estimate of drug-likeness (QED) is 0.800. The Balaban J connectivity index is 1.32. The molecule has 2 unspecified atom stereocenters. The van der Waals surface area contributed by atoms with Gasteiger partial charge in [-0.2, -0.15) is 0 Å². The van der Waals surface area contributed by atoms with Crippen LogP contribution in [-0.4, -0.2) is 61.7 Å². The van der Waals surface area contributed by atoms with Gasteiger partial charge in [0.15, 0.2) is 0 Å². The largest absolute Gasteiger partial charge is 0.316 e. The third kappa shape index (κ3) is 3.25. The highest BCUT2D eigenvalue weighted by molar-refractivity contribution is 4.85. The van der Waals surface area contributed by atoms with Crippen LogP contribution in [0.3, 0.4) is 0 Å². The lowest BCUT2D eigenvalue weighted by Crippen LogP contribution is -2.35. The van der Waals surface area contributed by atoms with Gasteiger partial charge < -0.3 is 10.2 Å². The highest BCUT2D eigenvalue weighted by Gasteiger charge is 2.28. The molecular weight excluding hydrogens is 222 g/mol. The van der Waals surface area contributed by atoms with Gasteiger partial charge in [-0.05, 0) is 83.7 Å². The third-order valence-corrected chi connectivity index (χ3v) is 5.15. The molecule has 0 aromatic rings. The van der Waals surface area contributed by atoms with Gasteiger partial charge in [0.2, 0.25) is 0 Å². The highest BCUT2D eigenvalue weighted by Crippen LogP contribution is 2.21. The van der Waals surface area contributed by atoms with Gasteiger partial charge in [-0.15, -0.1) is 0 Å². The normalized spacial score (nSPS) is 34.7. The van der Waals surface area contributed by atoms with Gasteiger partial charge in [-0.1, -0.05) is 0 Å². The van der Waals surface area contributed by atoms with Crippen molar-refractivity contribution < 1.29 is 0 Å². The van der Waals surface area contributed by atoms with Crippen molar-refractivity contribution in [3.8, 4) is 0 Å². The fourth-order valence-corrected chi connectivity index (χ4v) is 3.98. The van der Waals surface area contributed by atoms with E-state index < -0.39 is 0 Å². The summed E-state index contributed by atoms with van der Waals surface area (Å²) in [5.41, 5.74) is 0. The van der Waals surface area contributed by atoms with Gasteiger partial charge in [-0.3, -0.25) is 4.90 Å². The Labute approximate surface area is 112 Å². The summed E-state index contributed by atoms with van der Waals surface area (Å²) in [6.07, 6.45) is 8.56. The van der Waals surface area contributed by atoms with Gasteiger partial charge >= 0.3 is 0 Å². The predicted molar refractivity (Wildman–Crippen MR) is 75.9 cm³/mol. The lowest BCUT2D eigenvalue weighted by molar-refractivity contribution is 0.229. The summed E-state index contributed by atoms with van der Waals surface area (Å²) in [5, 5.41) is 3.47. The van der Waals surface area contributed by atoms with E-state index in [1.54, 1.807) is 0 Å². The minimum atomic E-state index is 0.889. The fraction of sp³-hybridized carbons (Fsp3) is 1.00. The SMILES string of the molecule is C(CC1CCNC1)CN1CCC(N2CCCC2)C1. The summed E-state index contributed by atoms with van der Waals surface area (Å²) in [6, 6.07) is 0.889. The average molecular weight is 251 g/mol. The molecule has 0 aromatic carbocycles. The van der Waals surface area contributed by atoms with Crippen molar-refractivity contribution in [2.75, 3.05) is 45.8 Å². The number of rotatable bonds is 5. The number of hydrogen-bond acceptors (Lipinski definition) is 3. The number of nitrogens with zero attached hydrogens (tertiary/aromatic N) is 2. The highest BCUT2D eigenvalue weighted by atomic mass is 15.3. The fourth-order valence-electron chi connectivity index (χ4n) is 3.98. The second-order valence-electron chi connectivity index (χ2n) is 6.49. The number of likely N-dealkylation sites (tertiary alicyclic amines) is 2. The van der Waals surface area contributed by atoms with Crippen LogP contribution in [0, 0.1) is 5.92 Å². The third-order valence-electron chi connectivity index (χ3n) is 5.15. The van der Waals surface area contributed by atoms with Crippen molar-refractivity contribution in [3.63, 3.8) is 0 Å². The summed E-state index contributed by atoms with van der Waals surface area (Å²) in [5.74, 6) is 0.974. The summed E-state index contributed by atoms with van der Waals surface area (Å²) in [6.45, 7) is 9.31. The zero-order valence-corrected chi connectivity index (χ0v) is 11.7. The zero-order valence-electron chi connectivity index (χ0n) is 11.7. The van der Waals surface area contributed by atoms with Gasteiger partial charge in [-0.25, -0.2) is 0 Å². The van der Waals surface area contributed by atoms with Crippen LogP contribution < -0.4 is 5.32 Å². The van der Waals surface area contributed by atoms with E-state index in [4.69, 9.17) is 0 Å². The molecule has 3 nitrogen and oxygen atoms in total. The second-order valence-corrected chi connectivity index (χ2v) is 6.49. The average Bonchev–Trinajstić information content (AvgIpc) is 3.12. The van der Waals surface area contributed by atoms with Crippen LogP contribution in [-0.2, 0) is 0 Å². The van der Waals surface area contributed by atoms with Crippen molar-refractivity contribution in [2.24, 2.45) is 5.92 Å². The van der Waals surface area contributed by atoms with Gasteiger partial charge in [0.1, 0.15) is 0 Å². The standard InChI is InChI=1S/C15H29N3/c1-2-10-18(9-1)15-6-11-17(13-15)8-3-4-14-5-7-16-12-14/h14-16H,1-13H2. The van der Waals surface area contributed by atoms with E-state index in [0.29, 0.717) is 0 Å². The Kier molecular flexibility index (Phi) is 4.55. The summed E-state index contributed by atoms with van der Waals surface area (Å²) < 4.78 is 0. The van der Waals surface area contributed by atoms with Gasteiger partial charge in [0, 0.05) is 12.6 Å². The predicted octanol–water partition coefficient (Wildman–Crippen LogP) is 1.55.